The molecule has 0 spiro atoms. The number of aromatic nitrogens is 2. The molecular weight excluding hydrogens is 558 g/mol. The third-order valence-corrected chi connectivity index (χ3v) is 8.61. The maximum absolute atomic E-state index is 13.8. The average molecular weight is 583 g/mol. The first kappa shape index (κ1) is 24.7. The summed E-state index contributed by atoms with van der Waals surface area (Å²) in [7, 11) is 0. The molecule has 4 heterocycles. The summed E-state index contributed by atoms with van der Waals surface area (Å²) in [6.45, 7) is 7.93. The number of hydrogen-bond acceptors (Lipinski definition) is 6. The van der Waals surface area contributed by atoms with Gasteiger partial charge in [0.05, 0.1) is 22.4 Å². The second-order valence-electron chi connectivity index (χ2n) is 8.46. The number of benzene rings is 1. The lowest BCUT2D eigenvalue weighted by molar-refractivity contribution is -0.139. The van der Waals surface area contributed by atoms with Crippen molar-refractivity contribution in [3.63, 3.8) is 0 Å². The molecular formula is C27H24BrN3O3S2. The molecule has 4 aromatic rings. The Labute approximate surface area is 224 Å². The molecule has 1 aliphatic heterocycles. The molecule has 1 atom stereocenters. The summed E-state index contributed by atoms with van der Waals surface area (Å²) in [6.07, 6.45) is 1.93. The standard InChI is InChI=1S/C27H24BrN3O3S2/c1-5-34-26(33)23-16(3)29-27-31(24(23)21-7-6-12-35-21)25(32)22(36-27)14-18-13-15(2)30(17(18)4)20-10-8-19(28)9-11-20/h6-14,24H,5H2,1-4H3/b22-14+/t24-/m0/s1. The minimum absolute atomic E-state index is 0.167. The second-order valence-corrected chi connectivity index (χ2v) is 11.4. The van der Waals surface area contributed by atoms with E-state index in [9.17, 15) is 9.59 Å². The summed E-state index contributed by atoms with van der Waals surface area (Å²) in [4.78, 5) is 32.8. The van der Waals surface area contributed by atoms with Gasteiger partial charge in [-0.15, -0.1) is 11.3 Å². The summed E-state index contributed by atoms with van der Waals surface area (Å²) in [5.41, 5.74) is 4.96. The molecule has 184 valence electrons. The van der Waals surface area contributed by atoms with Gasteiger partial charge in [0.25, 0.3) is 5.56 Å². The predicted octanol–water partition coefficient (Wildman–Crippen LogP) is 5.03. The Hall–Kier alpha value is -3.01. The van der Waals surface area contributed by atoms with E-state index >= 15 is 0 Å². The van der Waals surface area contributed by atoms with Crippen molar-refractivity contribution in [1.29, 1.82) is 0 Å². The minimum atomic E-state index is -0.558. The zero-order valence-corrected chi connectivity index (χ0v) is 23.5. The van der Waals surface area contributed by atoms with Gasteiger partial charge in [-0.05, 0) is 81.1 Å². The fraction of sp³-hybridized carbons (Fsp3) is 0.222. The molecule has 0 unspecified atom stereocenters. The van der Waals surface area contributed by atoms with Gasteiger partial charge in [0, 0.05) is 26.4 Å². The lowest BCUT2D eigenvalue weighted by atomic mass is 10.0. The van der Waals surface area contributed by atoms with Gasteiger partial charge in [0.1, 0.15) is 6.04 Å². The van der Waals surface area contributed by atoms with Gasteiger partial charge in [-0.1, -0.05) is 33.3 Å². The van der Waals surface area contributed by atoms with Crippen molar-refractivity contribution in [2.45, 2.75) is 33.7 Å². The van der Waals surface area contributed by atoms with E-state index in [2.05, 4.69) is 57.5 Å². The van der Waals surface area contributed by atoms with Crippen LogP contribution in [0.2, 0.25) is 0 Å². The SMILES string of the molecule is CCOC(=O)C1=C(C)N=c2s/c(=C/c3cc(C)n(-c4ccc(Br)cc4)c3C)c(=O)n2[C@H]1c1cccs1. The van der Waals surface area contributed by atoms with Crippen molar-refractivity contribution in [3.05, 3.63) is 105 Å². The highest BCUT2D eigenvalue weighted by atomic mass is 79.9. The molecule has 0 fully saturated rings. The molecule has 0 saturated carbocycles. The summed E-state index contributed by atoms with van der Waals surface area (Å²) in [5.74, 6) is -0.440. The quantitative estimate of drug-likeness (QED) is 0.310. The maximum atomic E-state index is 13.8. The molecule has 5 rings (SSSR count). The van der Waals surface area contributed by atoms with Crippen LogP contribution in [0.3, 0.4) is 0 Å². The van der Waals surface area contributed by atoms with Crippen LogP contribution in [0.25, 0.3) is 11.8 Å². The number of carbonyl (C=O) groups is 1. The number of rotatable bonds is 5. The Kier molecular flexibility index (Phi) is 6.72. The van der Waals surface area contributed by atoms with Gasteiger partial charge in [-0.2, -0.15) is 0 Å². The first-order chi connectivity index (χ1) is 17.3. The molecule has 0 aliphatic carbocycles. The van der Waals surface area contributed by atoms with E-state index in [1.807, 2.05) is 35.7 Å². The molecule has 36 heavy (non-hydrogen) atoms. The highest BCUT2D eigenvalue weighted by molar-refractivity contribution is 9.10. The molecule has 1 aliphatic rings. The number of thiophene rings is 1. The molecule has 9 heteroatoms. The zero-order valence-electron chi connectivity index (χ0n) is 20.2. The number of nitrogens with zero attached hydrogens (tertiary/aromatic N) is 3. The van der Waals surface area contributed by atoms with Gasteiger partial charge in [0.2, 0.25) is 0 Å². The fourth-order valence-electron chi connectivity index (χ4n) is 4.57. The van der Waals surface area contributed by atoms with Gasteiger partial charge in [-0.3, -0.25) is 9.36 Å². The Morgan fingerprint density at radius 2 is 1.94 bits per heavy atom. The summed E-state index contributed by atoms with van der Waals surface area (Å²) >= 11 is 6.34. The third kappa shape index (κ3) is 4.25. The van der Waals surface area contributed by atoms with Crippen LogP contribution in [0.15, 0.2) is 73.4 Å². The van der Waals surface area contributed by atoms with Crippen molar-refractivity contribution in [3.8, 4) is 5.69 Å². The fourth-order valence-corrected chi connectivity index (χ4v) is 6.70. The smallest absolute Gasteiger partial charge is 0.338 e. The monoisotopic (exact) mass is 581 g/mol. The zero-order chi connectivity index (χ0) is 25.6. The van der Waals surface area contributed by atoms with Crippen LogP contribution in [0.5, 0.6) is 0 Å². The maximum Gasteiger partial charge on any atom is 0.338 e. The van der Waals surface area contributed by atoms with Crippen LogP contribution in [-0.4, -0.2) is 21.7 Å². The molecule has 0 bridgehead atoms. The Bertz CT molecular complexity index is 1670. The molecule has 0 N–H and O–H groups in total. The Morgan fingerprint density at radius 3 is 2.61 bits per heavy atom. The number of ether oxygens (including phenoxy) is 1. The van der Waals surface area contributed by atoms with Crippen LogP contribution in [0.1, 0.15) is 41.7 Å². The summed E-state index contributed by atoms with van der Waals surface area (Å²) < 4.78 is 10.7. The van der Waals surface area contributed by atoms with E-state index < -0.39 is 12.0 Å². The molecule has 0 radical (unpaired) electrons. The lowest BCUT2D eigenvalue weighted by Gasteiger charge is -2.23. The largest absolute Gasteiger partial charge is 0.463 e. The third-order valence-electron chi connectivity index (χ3n) is 6.17. The van der Waals surface area contributed by atoms with E-state index in [1.54, 1.807) is 18.4 Å². The molecule has 0 amide bonds. The number of halogens is 1. The van der Waals surface area contributed by atoms with E-state index in [1.165, 1.54) is 22.7 Å². The van der Waals surface area contributed by atoms with Crippen LogP contribution in [0, 0.1) is 13.8 Å². The van der Waals surface area contributed by atoms with E-state index in [-0.39, 0.29) is 12.2 Å². The van der Waals surface area contributed by atoms with Gasteiger partial charge >= 0.3 is 5.97 Å². The average Bonchev–Trinajstić information content (AvgIpc) is 3.54. The van der Waals surface area contributed by atoms with Crippen molar-refractivity contribution >= 4 is 50.6 Å². The number of thiazole rings is 1. The van der Waals surface area contributed by atoms with Crippen LogP contribution >= 0.6 is 38.6 Å². The number of aryl methyl sites for hydroxylation is 1. The predicted molar refractivity (Wildman–Crippen MR) is 148 cm³/mol. The molecule has 6 nitrogen and oxygen atoms in total. The normalized spacial score (nSPS) is 15.7. The molecule has 1 aromatic carbocycles. The molecule has 0 saturated heterocycles. The number of fused-ring (bicyclic) bond motifs is 1. The van der Waals surface area contributed by atoms with Crippen LogP contribution in [-0.2, 0) is 9.53 Å². The minimum Gasteiger partial charge on any atom is -0.463 e. The number of carbonyl (C=O) groups excluding carboxylic acids is 1. The first-order valence-corrected chi connectivity index (χ1v) is 14.0. The van der Waals surface area contributed by atoms with Gasteiger partial charge in [-0.25, -0.2) is 9.79 Å². The van der Waals surface area contributed by atoms with Crippen molar-refractivity contribution in [1.82, 2.24) is 9.13 Å². The van der Waals surface area contributed by atoms with E-state index in [0.29, 0.717) is 20.6 Å². The van der Waals surface area contributed by atoms with Crippen molar-refractivity contribution in [2.24, 2.45) is 4.99 Å². The van der Waals surface area contributed by atoms with Crippen LogP contribution < -0.4 is 14.9 Å². The lowest BCUT2D eigenvalue weighted by Crippen LogP contribution is -2.39. The van der Waals surface area contributed by atoms with Gasteiger partial charge in [0.15, 0.2) is 4.80 Å². The highest BCUT2D eigenvalue weighted by Crippen LogP contribution is 2.33. The van der Waals surface area contributed by atoms with Gasteiger partial charge < -0.3 is 9.30 Å². The summed E-state index contributed by atoms with van der Waals surface area (Å²) in [6, 6.07) is 13.5. The first-order valence-electron chi connectivity index (χ1n) is 11.5. The highest BCUT2D eigenvalue weighted by Gasteiger charge is 2.33. The van der Waals surface area contributed by atoms with E-state index in [0.717, 1.165) is 32.0 Å². The Morgan fingerprint density at radius 1 is 1.19 bits per heavy atom. The van der Waals surface area contributed by atoms with Crippen molar-refractivity contribution in [2.75, 3.05) is 6.61 Å². The molecule has 3 aromatic heterocycles. The second kappa shape index (κ2) is 9.80. The topological polar surface area (TPSA) is 65.6 Å². The van der Waals surface area contributed by atoms with E-state index in [4.69, 9.17) is 4.74 Å². The summed E-state index contributed by atoms with van der Waals surface area (Å²) in [5, 5.41) is 1.94. The Balaban J connectivity index is 1.67. The number of esters is 1. The van der Waals surface area contributed by atoms with Crippen LogP contribution in [0.4, 0.5) is 0 Å². The number of hydrogen-bond donors (Lipinski definition) is 0. The number of allylic oxidation sites excluding steroid dienone is 1. The van der Waals surface area contributed by atoms with Crippen molar-refractivity contribution < 1.29 is 9.53 Å².